The molecular formula is C42H59N5O8S. The van der Waals surface area contributed by atoms with Crippen LogP contribution in [0.15, 0.2) is 30.4 Å². The zero-order chi connectivity index (χ0) is 40.2. The van der Waals surface area contributed by atoms with Crippen molar-refractivity contribution in [2.24, 2.45) is 17.6 Å². The van der Waals surface area contributed by atoms with Crippen LogP contribution >= 0.6 is 11.9 Å². The third-order valence-electron chi connectivity index (χ3n) is 11.1. The lowest BCUT2D eigenvalue weighted by atomic mass is 9.96. The fourth-order valence-corrected chi connectivity index (χ4v) is 8.00. The van der Waals surface area contributed by atoms with Crippen LogP contribution < -0.4 is 30.0 Å². The molecule has 0 bridgehead atoms. The third-order valence-corrected chi connectivity index (χ3v) is 12.3. The molecule has 14 heteroatoms. The summed E-state index contributed by atoms with van der Waals surface area (Å²) in [6, 6.07) is 3.66. The summed E-state index contributed by atoms with van der Waals surface area (Å²) >= 11 is 1.56. The second kappa shape index (κ2) is 17.5. The minimum absolute atomic E-state index is 0.0624. The Balaban J connectivity index is 1.08. The number of amides is 4. The number of alkyl carbamates (subject to hydrolysis) is 1. The summed E-state index contributed by atoms with van der Waals surface area (Å²) in [6.07, 6.45) is 13.1. The summed E-state index contributed by atoms with van der Waals surface area (Å²) in [6.45, 7) is 9.48. The van der Waals surface area contributed by atoms with Gasteiger partial charge in [-0.25, -0.2) is 9.78 Å². The average Bonchev–Trinajstić information content (AvgIpc) is 4.02. The van der Waals surface area contributed by atoms with Crippen LogP contribution in [-0.4, -0.2) is 82.0 Å². The van der Waals surface area contributed by atoms with Crippen LogP contribution in [0.1, 0.15) is 110 Å². The number of nitrogens with two attached hydrogens (primary N) is 1. The summed E-state index contributed by atoms with van der Waals surface area (Å²) in [5.41, 5.74) is 6.65. The van der Waals surface area contributed by atoms with Gasteiger partial charge in [0.2, 0.25) is 23.6 Å². The molecule has 6 rings (SSSR count). The maximum absolute atomic E-state index is 14.2. The van der Waals surface area contributed by atoms with Crippen LogP contribution in [-0.2, 0) is 19.1 Å². The summed E-state index contributed by atoms with van der Waals surface area (Å²) in [7, 11) is 1.61. The van der Waals surface area contributed by atoms with Crippen LogP contribution in [0.5, 0.6) is 17.4 Å². The highest BCUT2D eigenvalue weighted by Crippen LogP contribution is 2.47. The van der Waals surface area contributed by atoms with E-state index in [2.05, 4.69) is 29.1 Å². The van der Waals surface area contributed by atoms with Gasteiger partial charge in [-0.1, -0.05) is 25.0 Å². The first-order chi connectivity index (χ1) is 26.6. The van der Waals surface area contributed by atoms with Gasteiger partial charge in [-0.15, -0.1) is 0 Å². The number of unbranched alkanes of at least 4 members (excludes halogenated alkanes) is 3. The predicted molar refractivity (Wildman–Crippen MR) is 215 cm³/mol. The van der Waals surface area contributed by atoms with Crippen LogP contribution in [0.3, 0.4) is 0 Å². The molecule has 0 spiro atoms. The first-order valence-corrected chi connectivity index (χ1v) is 21.0. The number of hydrogen-bond donors (Lipinski definition) is 3. The van der Waals surface area contributed by atoms with Gasteiger partial charge in [0.15, 0.2) is 0 Å². The highest BCUT2D eigenvalue weighted by atomic mass is 32.2. The molecule has 4 N–H and O–H groups in total. The Bertz CT molecular complexity index is 1810. The molecule has 3 unspecified atom stereocenters. The number of ether oxygens (including phenoxy) is 4. The van der Waals surface area contributed by atoms with Crippen LogP contribution in [0.2, 0.25) is 0 Å². The maximum atomic E-state index is 14.2. The number of carbonyl (C=O) groups is 4. The number of nitrogens with zero attached hydrogens (tertiary/aromatic N) is 2. The third kappa shape index (κ3) is 10.8. The van der Waals surface area contributed by atoms with Crippen LogP contribution in [0, 0.1) is 18.8 Å². The lowest BCUT2D eigenvalue weighted by Crippen LogP contribution is -2.53. The van der Waals surface area contributed by atoms with E-state index in [4.69, 9.17) is 29.7 Å². The second-order valence-corrected chi connectivity index (χ2v) is 18.5. The quantitative estimate of drug-likeness (QED) is 0.0842. The van der Waals surface area contributed by atoms with E-state index in [-0.39, 0.29) is 35.6 Å². The van der Waals surface area contributed by atoms with Gasteiger partial charge in [0.05, 0.1) is 19.2 Å². The molecule has 13 nitrogen and oxygen atoms in total. The lowest BCUT2D eigenvalue weighted by molar-refractivity contribution is -0.139. The maximum Gasteiger partial charge on any atom is 0.408 e. The number of likely N-dealkylation sites (tertiary alicyclic amines) is 1. The molecule has 4 amide bonds. The normalized spacial score (nSPS) is 23.3. The van der Waals surface area contributed by atoms with Gasteiger partial charge in [0.25, 0.3) is 0 Å². The Kier molecular flexibility index (Phi) is 13.0. The fourth-order valence-electron chi connectivity index (χ4n) is 7.19. The number of rotatable bonds is 18. The van der Waals surface area contributed by atoms with Crippen molar-refractivity contribution in [1.29, 1.82) is 0 Å². The number of carbonyl (C=O) groups excluding carboxylic acids is 4. The SMILES string of the molecule is COc1ccc2c(O[C@@H]3CC(C(N)=O)N(C(=O)[C@H](CCCCC/C=C\C4CC4C(=O)NSC4(C)CC4)NC(=O)OC(C)(C)C)C3)cc(OC3CCC3)nc2c1C. The minimum atomic E-state index is -0.929. The molecule has 1 aromatic carbocycles. The number of allylic oxidation sites excluding steroid dienone is 2. The molecule has 3 aliphatic carbocycles. The summed E-state index contributed by atoms with van der Waals surface area (Å²) in [5, 5.41) is 3.53. The standard InChI is InChI=1S/C42H59N5O8S/c1-25-33(52-6)18-17-29-34(23-35(45-36(25)29)54-27-14-12-15-27)53-28-22-32(37(43)48)47(24-28)39(50)31(44-40(51)55-41(2,3)4)16-11-9-7-8-10-13-26-21-30(26)38(49)46-56-42(5)19-20-42/h10,13,17-18,23,26-28,30-32H,7-9,11-12,14-16,19-22,24H2,1-6H3,(H2,43,48)(H,44,51)(H,46,49)/b13-10-/t26?,28-,30?,31+,32?/m1/s1. The summed E-state index contributed by atoms with van der Waals surface area (Å²) in [5.74, 6) is 1.09. The zero-order valence-corrected chi connectivity index (χ0v) is 34.5. The number of methoxy groups -OCH3 is 1. The number of nitrogens with one attached hydrogen (secondary N) is 2. The first kappa shape index (κ1) is 41.4. The molecule has 2 heterocycles. The summed E-state index contributed by atoms with van der Waals surface area (Å²) in [4.78, 5) is 58.7. The zero-order valence-electron chi connectivity index (χ0n) is 33.7. The van der Waals surface area contributed by atoms with Gasteiger partial charge in [0.1, 0.15) is 41.4 Å². The van der Waals surface area contributed by atoms with Crippen molar-refractivity contribution >= 4 is 46.7 Å². The van der Waals surface area contributed by atoms with Gasteiger partial charge >= 0.3 is 6.09 Å². The Morgan fingerprint density at radius 3 is 2.50 bits per heavy atom. The Labute approximate surface area is 334 Å². The number of aryl methyl sites for hydroxylation is 1. The molecule has 3 saturated carbocycles. The Morgan fingerprint density at radius 2 is 1.84 bits per heavy atom. The predicted octanol–water partition coefficient (Wildman–Crippen LogP) is 6.67. The Hall–Kier alpha value is -4.20. The van der Waals surface area contributed by atoms with E-state index < -0.39 is 41.7 Å². The molecule has 4 fully saturated rings. The van der Waals surface area contributed by atoms with Crippen molar-refractivity contribution in [3.8, 4) is 17.4 Å². The Morgan fingerprint density at radius 1 is 1.07 bits per heavy atom. The molecule has 1 saturated heterocycles. The van der Waals surface area contributed by atoms with E-state index in [0.29, 0.717) is 41.7 Å². The molecule has 56 heavy (non-hydrogen) atoms. The molecule has 2 aromatic rings. The van der Waals surface area contributed by atoms with Crippen molar-refractivity contribution in [2.45, 2.75) is 146 Å². The number of fused-ring (bicyclic) bond motifs is 1. The van der Waals surface area contributed by atoms with E-state index in [1.807, 2.05) is 19.1 Å². The number of primary amides is 1. The van der Waals surface area contributed by atoms with Crippen molar-refractivity contribution < 1.29 is 38.1 Å². The van der Waals surface area contributed by atoms with E-state index in [0.717, 1.165) is 68.7 Å². The smallest absolute Gasteiger partial charge is 0.408 e. The second-order valence-electron chi connectivity index (χ2n) is 17.1. The molecular weight excluding hydrogens is 735 g/mol. The van der Waals surface area contributed by atoms with Crippen molar-refractivity contribution in [2.75, 3.05) is 13.7 Å². The molecule has 1 aliphatic heterocycles. The molecule has 1 aromatic heterocycles. The number of aromatic nitrogens is 1. The molecule has 0 radical (unpaired) electrons. The van der Waals surface area contributed by atoms with Crippen LogP contribution in [0.4, 0.5) is 4.79 Å². The minimum Gasteiger partial charge on any atom is -0.496 e. The molecule has 4 aliphatic rings. The molecule has 306 valence electrons. The van der Waals surface area contributed by atoms with E-state index in [1.54, 1.807) is 45.9 Å². The number of benzene rings is 1. The average molecular weight is 794 g/mol. The largest absolute Gasteiger partial charge is 0.496 e. The highest BCUT2D eigenvalue weighted by molar-refractivity contribution is 7.99. The van der Waals surface area contributed by atoms with E-state index in [9.17, 15) is 19.2 Å². The van der Waals surface area contributed by atoms with E-state index in [1.165, 1.54) is 4.90 Å². The van der Waals surface area contributed by atoms with E-state index >= 15 is 0 Å². The van der Waals surface area contributed by atoms with Gasteiger partial charge in [-0.05, 0) is 122 Å². The highest BCUT2D eigenvalue weighted by Gasteiger charge is 2.45. The van der Waals surface area contributed by atoms with Crippen molar-refractivity contribution in [1.82, 2.24) is 19.9 Å². The van der Waals surface area contributed by atoms with Crippen molar-refractivity contribution in [3.05, 3.63) is 35.9 Å². The fraction of sp³-hybridized carbons (Fsp3) is 0.643. The first-order valence-electron chi connectivity index (χ1n) is 20.2. The van der Waals surface area contributed by atoms with Crippen molar-refractivity contribution in [3.63, 3.8) is 0 Å². The lowest BCUT2D eigenvalue weighted by Gasteiger charge is -2.29. The molecule has 5 atom stereocenters. The monoisotopic (exact) mass is 793 g/mol. The summed E-state index contributed by atoms with van der Waals surface area (Å²) < 4.78 is 27.1. The van der Waals surface area contributed by atoms with Gasteiger partial charge < -0.3 is 34.9 Å². The van der Waals surface area contributed by atoms with Gasteiger partial charge in [-0.3, -0.25) is 19.1 Å². The number of hydrogen-bond acceptors (Lipinski definition) is 10. The van der Waals surface area contributed by atoms with Gasteiger partial charge in [0, 0.05) is 34.1 Å². The number of pyridine rings is 1. The topological polar surface area (TPSA) is 171 Å². The van der Waals surface area contributed by atoms with Gasteiger partial charge in [-0.2, -0.15) is 0 Å². The van der Waals surface area contributed by atoms with Crippen LogP contribution in [0.25, 0.3) is 10.9 Å².